The molecule has 7 heteroatoms. The van der Waals surface area contributed by atoms with Crippen molar-refractivity contribution in [2.24, 2.45) is 0 Å². The first kappa shape index (κ1) is 18.8. The van der Waals surface area contributed by atoms with Gasteiger partial charge in [0.05, 0.1) is 30.2 Å². The second kappa shape index (κ2) is 8.51. The van der Waals surface area contributed by atoms with E-state index in [4.69, 9.17) is 27.9 Å². The molecule has 0 saturated heterocycles. The van der Waals surface area contributed by atoms with Gasteiger partial charge < -0.3 is 10.1 Å². The highest BCUT2D eigenvalue weighted by Crippen LogP contribution is 2.24. The molecule has 4 nitrogen and oxygen atoms in total. The third-order valence-electron chi connectivity index (χ3n) is 3.35. The zero-order valence-corrected chi connectivity index (χ0v) is 15.8. The lowest BCUT2D eigenvalue weighted by atomic mass is 10.0. The van der Waals surface area contributed by atoms with Crippen LogP contribution in [0, 0.1) is 0 Å². The molecular weight excluding hydrogens is 417 g/mol. The number of esters is 1. The van der Waals surface area contributed by atoms with Crippen LogP contribution in [-0.4, -0.2) is 19.0 Å². The fourth-order valence-corrected chi connectivity index (χ4v) is 2.87. The van der Waals surface area contributed by atoms with Crippen molar-refractivity contribution in [2.75, 3.05) is 7.11 Å². The number of halogens is 3. The van der Waals surface area contributed by atoms with E-state index < -0.39 is 17.9 Å². The third-order valence-corrected chi connectivity index (χ3v) is 4.43. The molecule has 2 rings (SSSR count). The van der Waals surface area contributed by atoms with E-state index in [1.807, 2.05) is 24.3 Å². The summed E-state index contributed by atoms with van der Waals surface area (Å²) < 4.78 is 5.61. The van der Waals surface area contributed by atoms with Crippen molar-refractivity contribution in [3.8, 4) is 0 Å². The van der Waals surface area contributed by atoms with E-state index in [0.29, 0.717) is 5.02 Å². The molecular formula is C17H14BrCl2NO3. The van der Waals surface area contributed by atoms with Crippen molar-refractivity contribution in [3.63, 3.8) is 0 Å². The third kappa shape index (κ3) is 4.97. The number of hydrogen-bond acceptors (Lipinski definition) is 3. The van der Waals surface area contributed by atoms with Crippen LogP contribution < -0.4 is 5.32 Å². The normalized spacial score (nSPS) is 11.7. The molecule has 0 radical (unpaired) electrons. The Balaban J connectivity index is 2.25. The molecule has 1 amide bonds. The van der Waals surface area contributed by atoms with Crippen molar-refractivity contribution in [1.29, 1.82) is 0 Å². The first-order chi connectivity index (χ1) is 11.4. The van der Waals surface area contributed by atoms with Gasteiger partial charge in [-0.05, 0) is 35.9 Å². The summed E-state index contributed by atoms with van der Waals surface area (Å²) in [5.41, 5.74) is 1.06. The summed E-state index contributed by atoms with van der Waals surface area (Å²) in [6.07, 6.45) is 0.00901. The van der Waals surface area contributed by atoms with Crippen LogP contribution in [0.2, 0.25) is 10.0 Å². The molecule has 0 aromatic heterocycles. The molecule has 2 aromatic rings. The summed E-state index contributed by atoms with van der Waals surface area (Å²) in [5.74, 6) is -0.820. The predicted octanol–water partition coefficient (Wildman–Crippen LogP) is 4.79. The van der Waals surface area contributed by atoms with E-state index in [9.17, 15) is 9.59 Å². The Morgan fingerprint density at radius 1 is 1.17 bits per heavy atom. The van der Waals surface area contributed by atoms with Crippen molar-refractivity contribution in [1.82, 2.24) is 5.32 Å². The summed E-state index contributed by atoms with van der Waals surface area (Å²) in [4.78, 5) is 24.2. The van der Waals surface area contributed by atoms with E-state index >= 15 is 0 Å². The molecule has 1 atom stereocenters. The average molecular weight is 431 g/mol. The second-order valence-electron chi connectivity index (χ2n) is 4.98. The van der Waals surface area contributed by atoms with E-state index in [1.54, 1.807) is 6.07 Å². The maximum atomic E-state index is 12.5. The zero-order valence-electron chi connectivity index (χ0n) is 12.7. The number of rotatable bonds is 5. The van der Waals surface area contributed by atoms with Crippen LogP contribution in [0.15, 0.2) is 46.9 Å². The summed E-state index contributed by atoms with van der Waals surface area (Å²) in [7, 11) is 1.30. The van der Waals surface area contributed by atoms with Crippen LogP contribution in [-0.2, 0) is 9.53 Å². The van der Waals surface area contributed by atoms with Gasteiger partial charge >= 0.3 is 5.97 Å². The summed E-state index contributed by atoms with van der Waals surface area (Å²) in [6, 6.07) is 11.4. The molecule has 0 aliphatic heterocycles. The van der Waals surface area contributed by atoms with E-state index in [0.717, 1.165) is 10.0 Å². The van der Waals surface area contributed by atoms with Crippen LogP contribution in [0.25, 0.3) is 0 Å². The Hall–Kier alpha value is -1.56. The molecule has 1 unspecified atom stereocenters. The predicted molar refractivity (Wildman–Crippen MR) is 97.4 cm³/mol. The average Bonchev–Trinajstić information content (AvgIpc) is 2.54. The van der Waals surface area contributed by atoms with Gasteiger partial charge in [-0.2, -0.15) is 0 Å². The SMILES string of the molecule is COC(=O)CC(NC(=O)c1ccc(Cl)cc1Cl)c1ccc(Br)cc1. The zero-order chi connectivity index (χ0) is 17.7. The second-order valence-corrected chi connectivity index (χ2v) is 6.74. The smallest absolute Gasteiger partial charge is 0.307 e. The molecule has 2 aromatic carbocycles. The Kier molecular flexibility index (Phi) is 6.66. The fraction of sp³-hybridized carbons (Fsp3) is 0.176. The number of amides is 1. The number of carbonyl (C=O) groups is 2. The Morgan fingerprint density at radius 3 is 2.42 bits per heavy atom. The van der Waals surface area contributed by atoms with E-state index in [-0.39, 0.29) is 17.0 Å². The number of benzene rings is 2. The highest BCUT2D eigenvalue weighted by atomic mass is 79.9. The van der Waals surface area contributed by atoms with Crippen molar-refractivity contribution in [3.05, 3.63) is 68.1 Å². The molecule has 0 aliphatic rings. The topological polar surface area (TPSA) is 55.4 Å². The first-order valence-electron chi connectivity index (χ1n) is 6.99. The number of hydrogen-bond donors (Lipinski definition) is 1. The van der Waals surface area contributed by atoms with Crippen LogP contribution >= 0.6 is 39.1 Å². The summed E-state index contributed by atoms with van der Waals surface area (Å²) in [5, 5.41) is 3.50. The molecule has 0 heterocycles. The van der Waals surface area contributed by atoms with Crippen molar-refractivity contribution in [2.45, 2.75) is 12.5 Å². The molecule has 0 spiro atoms. The highest BCUT2D eigenvalue weighted by molar-refractivity contribution is 9.10. The standard InChI is InChI=1S/C17H14BrCl2NO3/c1-24-16(22)9-15(10-2-4-11(18)5-3-10)21-17(23)13-7-6-12(19)8-14(13)20/h2-8,15H,9H2,1H3,(H,21,23). The number of carbonyl (C=O) groups excluding carboxylic acids is 2. The number of methoxy groups -OCH3 is 1. The minimum atomic E-state index is -0.537. The first-order valence-corrected chi connectivity index (χ1v) is 8.54. The van der Waals surface area contributed by atoms with Gasteiger partial charge in [-0.15, -0.1) is 0 Å². The van der Waals surface area contributed by atoms with Gasteiger partial charge in [0.2, 0.25) is 0 Å². The highest BCUT2D eigenvalue weighted by Gasteiger charge is 2.21. The lowest BCUT2D eigenvalue weighted by Crippen LogP contribution is -2.30. The quantitative estimate of drug-likeness (QED) is 0.693. The van der Waals surface area contributed by atoms with Crippen LogP contribution in [0.4, 0.5) is 0 Å². The maximum Gasteiger partial charge on any atom is 0.307 e. The van der Waals surface area contributed by atoms with Gasteiger partial charge in [0, 0.05) is 9.50 Å². The van der Waals surface area contributed by atoms with Crippen molar-refractivity contribution >= 4 is 51.0 Å². The Bertz CT molecular complexity index is 750. The molecule has 1 N–H and O–H groups in total. The van der Waals surface area contributed by atoms with Gasteiger partial charge in [0.25, 0.3) is 5.91 Å². The van der Waals surface area contributed by atoms with E-state index in [1.165, 1.54) is 19.2 Å². The van der Waals surface area contributed by atoms with Crippen molar-refractivity contribution < 1.29 is 14.3 Å². The molecule has 0 bridgehead atoms. The van der Waals surface area contributed by atoms with Crippen LogP contribution in [0.3, 0.4) is 0 Å². The Morgan fingerprint density at radius 2 is 1.83 bits per heavy atom. The number of ether oxygens (including phenoxy) is 1. The van der Waals surface area contributed by atoms with Gasteiger partial charge in [-0.1, -0.05) is 51.3 Å². The van der Waals surface area contributed by atoms with Gasteiger partial charge in [-0.3, -0.25) is 9.59 Å². The lowest BCUT2D eigenvalue weighted by molar-refractivity contribution is -0.141. The monoisotopic (exact) mass is 429 g/mol. The molecule has 0 aliphatic carbocycles. The molecule has 24 heavy (non-hydrogen) atoms. The van der Waals surface area contributed by atoms with Crippen LogP contribution in [0.1, 0.15) is 28.4 Å². The largest absolute Gasteiger partial charge is 0.469 e. The minimum absolute atomic E-state index is 0.00901. The molecule has 0 fully saturated rings. The van der Waals surface area contributed by atoms with Gasteiger partial charge in [-0.25, -0.2) is 0 Å². The minimum Gasteiger partial charge on any atom is -0.469 e. The van der Waals surface area contributed by atoms with Gasteiger partial charge in [0.15, 0.2) is 0 Å². The lowest BCUT2D eigenvalue weighted by Gasteiger charge is -2.19. The summed E-state index contributed by atoms with van der Waals surface area (Å²) >= 11 is 15.3. The maximum absolute atomic E-state index is 12.5. The Labute approximate surface area is 158 Å². The molecule has 126 valence electrons. The van der Waals surface area contributed by atoms with Gasteiger partial charge in [0.1, 0.15) is 0 Å². The van der Waals surface area contributed by atoms with E-state index in [2.05, 4.69) is 21.2 Å². The number of nitrogens with one attached hydrogen (secondary N) is 1. The molecule has 0 saturated carbocycles. The fourth-order valence-electron chi connectivity index (χ4n) is 2.11. The van der Waals surface area contributed by atoms with Crippen LogP contribution in [0.5, 0.6) is 0 Å². The summed E-state index contributed by atoms with van der Waals surface area (Å²) in [6.45, 7) is 0.